The maximum Gasteiger partial charge on any atom is 0.0323 e. The van der Waals surface area contributed by atoms with E-state index in [9.17, 15) is 0 Å². The molecule has 0 saturated carbocycles. The number of thioether (sulfide) groups is 2. The summed E-state index contributed by atoms with van der Waals surface area (Å²) in [4.78, 5) is 0. The van der Waals surface area contributed by atoms with Crippen LogP contribution in [-0.4, -0.2) is 34.6 Å². The van der Waals surface area contributed by atoms with Crippen LogP contribution in [0.3, 0.4) is 0 Å². The van der Waals surface area contributed by atoms with Gasteiger partial charge in [0.15, 0.2) is 0 Å². The van der Waals surface area contributed by atoms with Crippen molar-refractivity contribution in [3.05, 3.63) is 34.3 Å². The minimum Gasteiger partial charge on any atom is -0.313 e. The fourth-order valence-electron chi connectivity index (χ4n) is 2.78. The Morgan fingerprint density at radius 1 is 1.25 bits per heavy atom. The second-order valence-electron chi connectivity index (χ2n) is 5.11. The highest BCUT2D eigenvalue weighted by Crippen LogP contribution is 2.36. The van der Waals surface area contributed by atoms with Crippen LogP contribution in [0.5, 0.6) is 0 Å². The average molecular weight is 374 g/mol. The third-order valence-electron chi connectivity index (χ3n) is 3.75. The summed E-state index contributed by atoms with van der Waals surface area (Å²) in [7, 11) is 0. The lowest BCUT2D eigenvalue weighted by molar-refractivity contribution is 0.489. The smallest absolute Gasteiger partial charge is 0.0323 e. The number of hydrogen-bond donors (Lipinski definition) is 1. The van der Waals surface area contributed by atoms with E-state index in [1.807, 2.05) is 0 Å². The molecule has 2 rings (SSSR count). The molecule has 20 heavy (non-hydrogen) atoms. The van der Waals surface area contributed by atoms with E-state index < -0.39 is 0 Å². The Labute approximate surface area is 140 Å². The van der Waals surface area contributed by atoms with Crippen LogP contribution in [0.4, 0.5) is 0 Å². The largest absolute Gasteiger partial charge is 0.313 e. The number of benzene rings is 1. The van der Waals surface area contributed by atoms with E-state index in [1.165, 1.54) is 28.0 Å². The quantitative estimate of drug-likeness (QED) is 0.782. The van der Waals surface area contributed by atoms with Gasteiger partial charge in [-0.2, -0.15) is 23.5 Å². The van der Waals surface area contributed by atoms with Gasteiger partial charge in [0.05, 0.1) is 0 Å². The van der Waals surface area contributed by atoms with Gasteiger partial charge in [-0.1, -0.05) is 48.0 Å². The molecule has 0 bridgehead atoms. The fourth-order valence-corrected chi connectivity index (χ4v) is 6.49. The number of hydrogen-bond acceptors (Lipinski definition) is 3. The Balaban J connectivity index is 2.11. The summed E-state index contributed by atoms with van der Waals surface area (Å²) >= 11 is 8.03. The Kier molecular flexibility index (Phi) is 7.29. The molecule has 1 aromatic carbocycles. The van der Waals surface area contributed by atoms with E-state index in [4.69, 9.17) is 0 Å². The Morgan fingerprint density at radius 2 is 2.00 bits per heavy atom. The van der Waals surface area contributed by atoms with E-state index in [2.05, 4.69) is 82.9 Å². The first-order chi connectivity index (χ1) is 9.76. The van der Waals surface area contributed by atoms with Crippen molar-refractivity contribution in [3.63, 3.8) is 0 Å². The molecule has 4 heteroatoms. The average Bonchev–Trinajstić information content (AvgIpc) is 2.49. The summed E-state index contributed by atoms with van der Waals surface area (Å²) in [5.74, 6) is 2.61. The van der Waals surface area contributed by atoms with E-state index in [0.717, 1.165) is 23.5 Å². The summed E-state index contributed by atoms with van der Waals surface area (Å²) in [6.07, 6.45) is 2.39. The summed E-state index contributed by atoms with van der Waals surface area (Å²) in [5.41, 5.74) is 1.42. The molecule has 1 N–H and O–H groups in total. The summed E-state index contributed by atoms with van der Waals surface area (Å²) in [6.45, 7) is 5.60. The van der Waals surface area contributed by atoms with E-state index in [1.54, 1.807) is 0 Å². The first-order valence-corrected chi connectivity index (χ1v) is 10.3. The molecular weight excluding hydrogens is 350 g/mol. The Bertz CT molecular complexity index is 413. The van der Waals surface area contributed by atoms with Crippen LogP contribution >= 0.6 is 39.5 Å². The minimum atomic E-state index is 0.571. The maximum atomic E-state index is 3.74. The number of rotatable bonds is 6. The van der Waals surface area contributed by atoms with Crippen LogP contribution in [0.2, 0.25) is 0 Å². The first-order valence-electron chi connectivity index (χ1n) is 7.46. The highest BCUT2D eigenvalue weighted by atomic mass is 79.9. The maximum absolute atomic E-state index is 3.74. The van der Waals surface area contributed by atoms with E-state index >= 15 is 0 Å². The molecule has 1 fully saturated rings. The second kappa shape index (κ2) is 8.72. The molecular formula is C16H24BrNS2. The van der Waals surface area contributed by atoms with Gasteiger partial charge in [-0.25, -0.2) is 0 Å². The van der Waals surface area contributed by atoms with Crippen molar-refractivity contribution in [1.29, 1.82) is 0 Å². The van der Waals surface area contributed by atoms with Gasteiger partial charge in [0.1, 0.15) is 0 Å². The van der Waals surface area contributed by atoms with Crippen LogP contribution in [-0.2, 0) is 6.42 Å². The van der Waals surface area contributed by atoms with Gasteiger partial charge in [0.25, 0.3) is 0 Å². The molecule has 1 heterocycles. The van der Waals surface area contributed by atoms with Gasteiger partial charge in [-0.05, 0) is 31.0 Å². The van der Waals surface area contributed by atoms with Gasteiger partial charge in [0, 0.05) is 32.5 Å². The van der Waals surface area contributed by atoms with Gasteiger partial charge in [-0.15, -0.1) is 0 Å². The molecule has 1 saturated heterocycles. The zero-order valence-corrected chi connectivity index (χ0v) is 15.5. The molecule has 1 aliphatic heterocycles. The molecule has 3 unspecified atom stereocenters. The normalized spacial score (nSPS) is 24.6. The summed E-state index contributed by atoms with van der Waals surface area (Å²) in [5, 5.41) is 5.26. The van der Waals surface area contributed by atoms with Crippen LogP contribution in [0.15, 0.2) is 28.7 Å². The molecule has 0 spiro atoms. The highest BCUT2D eigenvalue weighted by molar-refractivity contribution is 9.10. The van der Waals surface area contributed by atoms with Crippen molar-refractivity contribution >= 4 is 39.5 Å². The Morgan fingerprint density at radius 3 is 2.70 bits per heavy atom. The van der Waals surface area contributed by atoms with Gasteiger partial charge >= 0.3 is 0 Å². The lowest BCUT2D eigenvalue weighted by Gasteiger charge is -2.36. The minimum absolute atomic E-state index is 0.571. The van der Waals surface area contributed by atoms with Crippen LogP contribution in [0.25, 0.3) is 0 Å². The third-order valence-corrected chi connectivity index (χ3v) is 7.94. The molecule has 0 aromatic heterocycles. The molecule has 1 aromatic rings. The zero-order valence-electron chi connectivity index (χ0n) is 12.3. The van der Waals surface area contributed by atoms with Gasteiger partial charge in [0.2, 0.25) is 0 Å². The predicted octanol–water partition coefficient (Wildman–Crippen LogP) is 4.60. The number of halogens is 1. The highest BCUT2D eigenvalue weighted by Gasteiger charge is 2.31. The third kappa shape index (κ3) is 4.43. The molecule has 0 aliphatic carbocycles. The van der Waals surface area contributed by atoms with Gasteiger partial charge < -0.3 is 5.32 Å². The molecule has 3 atom stereocenters. The fraction of sp³-hybridized carbons (Fsp3) is 0.625. The van der Waals surface area contributed by atoms with Gasteiger partial charge in [-0.3, -0.25) is 0 Å². The first kappa shape index (κ1) is 16.7. The summed E-state index contributed by atoms with van der Waals surface area (Å²) in [6, 6.07) is 9.20. The van der Waals surface area contributed by atoms with E-state index in [0.29, 0.717) is 6.04 Å². The van der Waals surface area contributed by atoms with Crippen LogP contribution < -0.4 is 5.32 Å². The van der Waals surface area contributed by atoms with Crippen molar-refractivity contribution in [2.45, 2.75) is 43.2 Å². The van der Waals surface area contributed by atoms with Crippen molar-refractivity contribution in [1.82, 2.24) is 5.32 Å². The molecule has 0 amide bonds. The second-order valence-corrected chi connectivity index (χ2v) is 8.60. The van der Waals surface area contributed by atoms with Crippen LogP contribution in [0.1, 0.15) is 25.8 Å². The van der Waals surface area contributed by atoms with Crippen molar-refractivity contribution in [3.8, 4) is 0 Å². The number of likely N-dealkylation sites (N-methyl/N-ethyl adjacent to an activating group) is 1. The van der Waals surface area contributed by atoms with Crippen molar-refractivity contribution in [2.75, 3.05) is 18.1 Å². The SMILES string of the molecule is CCNC(Cc1ccccc1Br)C1SCCSC1CC. The van der Waals surface area contributed by atoms with Crippen molar-refractivity contribution < 1.29 is 0 Å². The Hall–Kier alpha value is 0.360. The molecule has 0 radical (unpaired) electrons. The van der Waals surface area contributed by atoms with Crippen molar-refractivity contribution in [2.24, 2.45) is 0 Å². The zero-order chi connectivity index (χ0) is 14.4. The molecule has 112 valence electrons. The number of nitrogens with one attached hydrogen (secondary N) is 1. The topological polar surface area (TPSA) is 12.0 Å². The summed E-state index contributed by atoms with van der Waals surface area (Å²) < 4.78 is 1.24. The standard InChI is InChI=1S/C16H24BrNS2/c1-3-15-16(20-10-9-19-15)14(18-4-2)11-12-7-5-6-8-13(12)17/h5-8,14-16,18H,3-4,9-11H2,1-2H3. The molecule has 1 aliphatic rings. The van der Waals surface area contributed by atoms with Crippen LogP contribution in [0, 0.1) is 0 Å². The predicted molar refractivity (Wildman–Crippen MR) is 98.1 cm³/mol. The molecule has 1 nitrogen and oxygen atoms in total. The van der Waals surface area contributed by atoms with E-state index in [-0.39, 0.29) is 0 Å². The monoisotopic (exact) mass is 373 g/mol. The lowest BCUT2D eigenvalue weighted by Crippen LogP contribution is -2.46. The lowest BCUT2D eigenvalue weighted by atomic mass is 10.00.